The number of pyridine rings is 2. The molecule has 0 unspecified atom stereocenters. The van der Waals surface area contributed by atoms with Crippen molar-refractivity contribution in [2.24, 2.45) is 11.3 Å². The predicted molar refractivity (Wildman–Crippen MR) is 118 cm³/mol. The maximum atomic E-state index is 13.1. The highest BCUT2D eigenvalue weighted by atomic mass is 35.5. The molecule has 11 heteroatoms. The fourth-order valence-corrected chi connectivity index (χ4v) is 4.66. The first-order valence-corrected chi connectivity index (χ1v) is 11.2. The van der Waals surface area contributed by atoms with Gasteiger partial charge in [0.25, 0.3) is 11.1 Å². The lowest BCUT2D eigenvalue weighted by Crippen LogP contribution is -2.16. The lowest BCUT2D eigenvalue weighted by atomic mass is 10.0. The number of anilines is 1. The van der Waals surface area contributed by atoms with Crippen LogP contribution >= 0.6 is 22.9 Å². The Balaban J connectivity index is 1.34. The molecule has 5 rings (SSSR count). The SMILES string of the molecule is COc1cnc(Cl)cc1-c1cc(C)ncc1C(=O)Nc1nnc(OC[C@]23COC[C@H]2C3)s1. The zero-order valence-corrected chi connectivity index (χ0v) is 19.0. The molecule has 32 heavy (non-hydrogen) atoms. The Kier molecular flexibility index (Phi) is 5.44. The molecule has 2 aliphatic rings. The standard InChI is InChI=1S/C21H20ClN5O4S/c1-11-3-13(14-4-17(22)24-7-16(14)29-2)15(6-23-11)18(28)25-19-26-27-20(32-19)31-10-21-5-12(21)8-30-9-21/h3-4,6-7,12H,5,8-10H2,1-2H3,(H,25,26,28)/t12-,21+/m1/s1. The van der Waals surface area contributed by atoms with Crippen LogP contribution in [-0.2, 0) is 4.74 Å². The van der Waals surface area contributed by atoms with Crippen LogP contribution in [0.25, 0.3) is 11.1 Å². The summed E-state index contributed by atoms with van der Waals surface area (Å²) in [5, 5.41) is 11.9. The van der Waals surface area contributed by atoms with Crippen LogP contribution in [0, 0.1) is 18.3 Å². The molecule has 3 aromatic rings. The fraction of sp³-hybridized carbons (Fsp3) is 0.381. The molecule has 1 saturated heterocycles. The Hall–Kier alpha value is -2.82. The van der Waals surface area contributed by atoms with Crippen LogP contribution in [0.15, 0.2) is 24.5 Å². The molecular formula is C21H20ClN5O4S. The molecule has 0 aromatic carbocycles. The lowest BCUT2D eigenvalue weighted by Gasteiger charge is -2.13. The van der Waals surface area contributed by atoms with Gasteiger partial charge in [0.15, 0.2) is 0 Å². The third-order valence-electron chi connectivity index (χ3n) is 5.81. The van der Waals surface area contributed by atoms with E-state index in [-0.39, 0.29) is 16.5 Å². The largest absolute Gasteiger partial charge is 0.494 e. The number of nitrogens with one attached hydrogen (secondary N) is 1. The van der Waals surface area contributed by atoms with Crippen molar-refractivity contribution in [2.45, 2.75) is 13.3 Å². The number of aromatic nitrogens is 4. The number of hydrogen-bond acceptors (Lipinski definition) is 9. The minimum Gasteiger partial charge on any atom is -0.494 e. The molecule has 0 radical (unpaired) electrons. The van der Waals surface area contributed by atoms with E-state index in [2.05, 4.69) is 25.5 Å². The molecule has 2 atom stereocenters. The molecular weight excluding hydrogens is 454 g/mol. The molecule has 3 aromatic heterocycles. The van der Waals surface area contributed by atoms with E-state index in [0.29, 0.717) is 45.3 Å². The van der Waals surface area contributed by atoms with Crippen molar-refractivity contribution < 1.29 is 19.0 Å². The molecule has 4 heterocycles. The van der Waals surface area contributed by atoms with Crippen molar-refractivity contribution in [3.63, 3.8) is 0 Å². The summed E-state index contributed by atoms with van der Waals surface area (Å²) in [5.74, 6) is 0.699. The van der Waals surface area contributed by atoms with Crippen molar-refractivity contribution in [1.82, 2.24) is 20.2 Å². The summed E-state index contributed by atoms with van der Waals surface area (Å²) in [5.41, 5.74) is 2.48. The van der Waals surface area contributed by atoms with Gasteiger partial charge >= 0.3 is 0 Å². The summed E-state index contributed by atoms with van der Waals surface area (Å²) in [6, 6.07) is 3.45. The second-order valence-corrected chi connectivity index (χ2v) is 9.30. The Morgan fingerprint density at radius 3 is 2.94 bits per heavy atom. The van der Waals surface area contributed by atoms with Gasteiger partial charge in [0, 0.05) is 28.4 Å². The van der Waals surface area contributed by atoms with E-state index in [0.717, 1.165) is 25.3 Å². The van der Waals surface area contributed by atoms with E-state index >= 15 is 0 Å². The molecule has 1 aliphatic heterocycles. The number of nitrogens with zero attached hydrogens (tertiary/aromatic N) is 4. The van der Waals surface area contributed by atoms with Crippen LogP contribution in [0.4, 0.5) is 5.13 Å². The number of halogens is 1. The zero-order chi connectivity index (χ0) is 22.3. The first-order valence-electron chi connectivity index (χ1n) is 9.99. The van der Waals surface area contributed by atoms with E-state index in [1.54, 1.807) is 12.1 Å². The molecule has 9 nitrogen and oxygen atoms in total. The molecule has 0 bridgehead atoms. The molecule has 166 valence electrons. The summed E-state index contributed by atoms with van der Waals surface area (Å²) in [7, 11) is 1.53. The lowest BCUT2D eigenvalue weighted by molar-refractivity contribution is 0.102. The number of rotatable bonds is 7. The minimum atomic E-state index is -0.379. The summed E-state index contributed by atoms with van der Waals surface area (Å²) in [6.45, 7) is 3.93. The Morgan fingerprint density at radius 1 is 1.31 bits per heavy atom. The number of fused-ring (bicyclic) bond motifs is 1. The van der Waals surface area contributed by atoms with E-state index in [1.807, 2.05) is 6.92 Å². The van der Waals surface area contributed by atoms with Crippen LogP contribution in [0.3, 0.4) is 0 Å². The third kappa shape index (κ3) is 4.01. The number of carbonyl (C=O) groups excluding carboxylic acids is 1. The highest BCUT2D eigenvalue weighted by Crippen LogP contribution is 2.56. The fourth-order valence-electron chi connectivity index (χ4n) is 3.91. The van der Waals surface area contributed by atoms with E-state index in [4.69, 9.17) is 25.8 Å². The summed E-state index contributed by atoms with van der Waals surface area (Å²) < 4.78 is 16.7. The third-order valence-corrected chi connectivity index (χ3v) is 6.76. The topological polar surface area (TPSA) is 108 Å². The summed E-state index contributed by atoms with van der Waals surface area (Å²) in [4.78, 5) is 21.4. The summed E-state index contributed by atoms with van der Waals surface area (Å²) in [6.07, 6.45) is 4.16. The number of methoxy groups -OCH3 is 1. The Bertz CT molecular complexity index is 1190. The van der Waals surface area contributed by atoms with Crippen LogP contribution in [0.1, 0.15) is 22.5 Å². The van der Waals surface area contributed by atoms with Crippen LogP contribution in [-0.4, -0.2) is 53.0 Å². The van der Waals surface area contributed by atoms with Gasteiger partial charge in [-0.1, -0.05) is 16.7 Å². The maximum Gasteiger partial charge on any atom is 0.295 e. The normalized spacial score (nSPS) is 21.2. The van der Waals surface area contributed by atoms with Gasteiger partial charge in [0.05, 0.1) is 38.7 Å². The van der Waals surface area contributed by atoms with Crippen molar-refractivity contribution in [3.05, 3.63) is 40.9 Å². The molecule has 2 fully saturated rings. The van der Waals surface area contributed by atoms with Crippen LogP contribution in [0.2, 0.25) is 5.15 Å². The quantitative estimate of drug-likeness (QED) is 0.518. The highest BCUT2D eigenvalue weighted by molar-refractivity contribution is 7.17. The van der Waals surface area contributed by atoms with Gasteiger partial charge in [-0.15, -0.1) is 5.10 Å². The van der Waals surface area contributed by atoms with Gasteiger partial charge in [-0.25, -0.2) is 4.98 Å². The first-order chi connectivity index (χ1) is 15.5. The first kappa shape index (κ1) is 21.0. The molecule has 1 aliphatic carbocycles. The van der Waals surface area contributed by atoms with Crippen LogP contribution in [0.5, 0.6) is 10.9 Å². The van der Waals surface area contributed by atoms with Crippen molar-refractivity contribution in [2.75, 3.05) is 32.2 Å². The van der Waals surface area contributed by atoms with E-state index < -0.39 is 0 Å². The molecule has 1 N–H and O–H groups in total. The number of aryl methyl sites for hydroxylation is 1. The van der Waals surface area contributed by atoms with E-state index in [1.165, 1.54) is 30.8 Å². The number of hydrogen-bond donors (Lipinski definition) is 1. The number of ether oxygens (including phenoxy) is 3. The van der Waals surface area contributed by atoms with Crippen molar-refractivity contribution in [1.29, 1.82) is 0 Å². The average Bonchev–Trinajstić information content (AvgIpc) is 3.09. The average molecular weight is 474 g/mol. The van der Waals surface area contributed by atoms with Gasteiger partial charge in [0.2, 0.25) is 5.13 Å². The minimum absolute atomic E-state index is 0.127. The number of amides is 1. The second kappa shape index (κ2) is 8.27. The van der Waals surface area contributed by atoms with Gasteiger partial charge in [-0.05, 0) is 42.7 Å². The summed E-state index contributed by atoms with van der Waals surface area (Å²) >= 11 is 7.27. The molecule has 0 spiro atoms. The van der Waals surface area contributed by atoms with Crippen molar-refractivity contribution >= 4 is 34.0 Å². The Labute approximate surface area is 193 Å². The smallest absolute Gasteiger partial charge is 0.295 e. The predicted octanol–water partition coefficient (Wildman–Crippen LogP) is 3.63. The van der Waals surface area contributed by atoms with Gasteiger partial charge < -0.3 is 14.2 Å². The van der Waals surface area contributed by atoms with E-state index in [9.17, 15) is 4.79 Å². The zero-order valence-electron chi connectivity index (χ0n) is 17.4. The van der Waals surface area contributed by atoms with Gasteiger partial charge in [-0.2, -0.15) is 0 Å². The molecule has 1 saturated carbocycles. The Morgan fingerprint density at radius 2 is 2.19 bits per heavy atom. The maximum absolute atomic E-state index is 13.1. The number of carbonyl (C=O) groups is 1. The van der Waals surface area contributed by atoms with Crippen LogP contribution < -0.4 is 14.8 Å². The van der Waals surface area contributed by atoms with Gasteiger partial charge in [-0.3, -0.25) is 15.1 Å². The monoisotopic (exact) mass is 473 g/mol. The van der Waals surface area contributed by atoms with Crippen molar-refractivity contribution in [3.8, 4) is 22.1 Å². The second-order valence-electron chi connectivity index (χ2n) is 7.97. The van der Waals surface area contributed by atoms with Gasteiger partial charge in [0.1, 0.15) is 10.9 Å². The highest BCUT2D eigenvalue weighted by Gasteiger charge is 2.59. The molecule has 1 amide bonds.